The number of rotatable bonds is 7. The standard InChI is InChI=1S/C30H50O/c1-20(2)8-7-9-21(3)26-12-13-27-25-11-10-24-19-23(18-22(4)31)14-16-29(24,5)28(25)15-17-30(26,27)6/h10,20-21,23,25-28H,7-9,11-19H2,1-6H3. The molecule has 0 heterocycles. The van der Waals surface area contributed by atoms with E-state index in [4.69, 9.17) is 0 Å². The molecule has 31 heavy (non-hydrogen) atoms. The van der Waals surface area contributed by atoms with Crippen LogP contribution in [0.15, 0.2) is 11.6 Å². The van der Waals surface area contributed by atoms with Gasteiger partial charge in [-0.05, 0) is 111 Å². The van der Waals surface area contributed by atoms with Crippen molar-refractivity contribution in [2.24, 2.45) is 52.3 Å². The number of ketones is 1. The van der Waals surface area contributed by atoms with Crippen LogP contribution in [0.1, 0.15) is 119 Å². The molecule has 1 nitrogen and oxygen atoms in total. The zero-order chi connectivity index (χ0) is 22.4. The maximum atomic E-state index is 11.7. The SMILES string of the molecule is CC(=O)CC1CCC2(C)C(=CCC3C2CCC2(C)C(C(C)CCCC(C)C)CCC32)C1. The third-order valence-corrected chi connectivity index (χ3v) is 11.0. The maximum absolute atomic E-state index is 11.7. The Morgan fingerprint density at radius 3 is 2.52 bits per heavy atom. The van der Waals surface area contributed by atoms with E-state index in [-0.39, 0.29) is 0 Å². The van der Waals surface area contributed by atoms with Gasteiger partial charge in [0.15, 0.2) is 0 Å². The van der Waals surface area contributed by atoms with Crippen LogP contribution in [0.5, 0.6) is 0 Å². The quantitative estimate of drug-likeness (QED) is 0.372. The summed E-state index contributed by atoms with van der Waals surface area (Å²) >= 11 is 0. The molecule has 0 saturated heterocycles. The average Bonchev–Trinajstić information content (AvgIpc) is 3.05. The highest BCUT2D eigenvalue weighted by atomic mass is 16.1. The Hall–Kier alpha value is -0.590. The van der Waals surface area contributed by atoms with Crippen LogP contribution in [-0.4, -0.2) is 5.78 Å². The van der Waals surface area contributed by atoms with Gasteiger partial charge in [-0.25, -0.2) is 0 Å². The summed E-state index contributed by atoms with van der Waals surface area (Å²) in [7, 11) is 0. The van der Waals surface area contributed by atoms with Gasteiger partial charge in [-0.2, -0.15) is 0 Å². The molecular formula is C30H50O. The van der Waals surface area contributed by atoms with Gasteiger partial charge in [0.25, 0.3) is 0 Å². The Labute approximate surface area is 193 Å². The van der Waals surface area contributed by atoms with Crippen LogP contribution in [0, 0.1) is 52.3 Å². The first kappa shape index (κ1) is 23.6. The number of fused-ring (bicyclic) bond motifs is 5. The van der Waals surface area contributed by atoms with E-state index in [9.17, 15) is 4.79 Å². The van der Waals surface area contributed by atoms with Crippen LogP contribution in [0.3, 0.4) is 0 Å². The molecule has 0 aromatic heterocycles. The second-order valence-electron chi connectivity index (χ2n) is 13.3. The van der Waals surface area contributed by atoms with Crippen molar-refractivity contribution in [1.29, 1.82) is 0 Å². The van der Waals surface area contributed by atoms with Gasteiger partial charge in [0, 0.05) is 6.42 Å². The lowest BCUT2D eigenvalue weighted by atomic mass is 9.46. The Bertz CT molecular complexity index is 689. The van der Waals surface area contributed by atoms with Crippen molar-refractivity contribution in [1.82, 2.24) is 0 Å². The van der Waals surface area contributed by atoms with Crippen molar-refractivity contribution >= 4 is 5.78 Å². The first-order valence-corrected chi connectivity index (χ1v) is 13.8. The van der Waals surface area contributed by atoms with Gasteiger partial charge in [-0.1, -0.05) is 65.5 Å². The fraction of sp³-hybridized carbons (Fsp3) is 0.900. The minimum atomic E-state index is 0.385. The fourth-order valence-electron chi connectivity index (χ4n) is 9.34. The summed E-state index contributed by atoms with van der Waals surface area (Å²) < 4.78 is 0. The average molecular weight is 427 g/mol. The summed E-state index contributed by atoms with van der Waals surface area (Å²) in [5.41, 5.74) is 2.76. The van der Waals surface area contributed by atoms with E-state index in [0.717, 1.165) is 41.9 Å². The monoisotopic (exact) mass is 426 g/mol. The molecule has 0 N–H and O–H groups in total. The lowest BCUT2D eigenvalue weighted by molar-refractivity contribution is -0.118. The Kier molecular flexibility index (Phi) is 6.83. The van der Waals surface area contributed by atoms with E-state index in [1.165, 1.54) is 70.6 Å². The van der Waals surface area contributed by atoms with Gasteiger partial charge < -0.3 is 4.79 Å². The maximum Gasteiger partial charge on any atom is 0.130 e. The molecule has 3 saturated carbocycles. The molecule has 0 aromatic rings. The molecule has 1 heteroatoms. The first-order chi connectivity index (χ1) is 14.6. The smallest absolute Gasteiger partial charge is 0.130 e. The normalized spacial score (nSPS) is 43.1. The first-order valence-electron chi connectivity index (χ1n) is 13.8. The molecule has 0 spiro atoms. The number of hydrogen-bond acceptors (Lipinski definition) is 1. The molecule has 3 fully saturated rings. The van der Waals surface area contributed by atoms with Crippen molar-refractivity contribution in [3.8, 4) is 0 Å². The van der Waals surface area contributed by atoms with Crippen LogP contribution in [-0.2, 0) is 4.79 Å². The largest absolute Gasteiger partial charge is 0.300 e. The van der Waals surface area contributed by atoms with Crippen LogP contribution >= 0.6 is 0 Å². The molecule has 4 rings (SSSR count). The molecule has 0 bridgehead atoms. The van der Waals surface area contributed by atoms with E-state index in [2.05, 4.69) is 40.7 Å². The molecular weight excluding hydrogens is 376 g/mol. The van der Waals surface area contributed by atoms with Crippen LogP contribution in [0.2, 0.25) is 0 Å². The van der Waals surface area contributed by atoms with Crippen LogP contribution in [0.25, 0.3) is 0 Å². The van der Waals surface area contributed by atoms with E-state index >= 15 is 0 Å². The van der Waals surface area contributed by atoms with Crippen LogP contribution in [0.4, 0.5) is 0 Å². The zero-order valence-corrected chi connectivity index (χ0v) is 21.5. The summed E-state index contributed by atoms with van der Waals surface area (Å²) in [6.07, 6.45) is 18.8. The highest BCUT2D eigenvalue weighted by Gasteiger charge is 2.59. The number of hydrogen-bond donors (Lipinski definition) is 0. The predicted octanol–water partition coefficient (Wildman–Crippen LogP) is 8.62. The van der Waals surface area contributed by atoms with Crippen molar-refractivity contribution in [3.63, 3.8) is 0 Å². The molecule has 0 aliphatic heterocycles. The van der Waals surface area contributed by atoms with Crippen molar-refractivity contribution in [2.45, 2.75) is 119 Å². The second kappa shape index (κ2) is 8.98. The topological polar surface area (TPSA) is 17.1 Å². The molecule has 8 unspecified atom stereocenters. The molecule has 0 aromatic carbocycles. The van der Waals surface area contributed by atoms with Crippen LogP contribution < -0.4 is 0 Å². The fourth-order valence-corrected chi connectivity index (χ4v) is 9.34. The summed E-state index contributed by atoms with van der Waals surface area (Å²) in [6.45, 7) is 14.4. The third kappa shape index (κ3) is 4.33. The lowest BCUT2D eigenvalue weighted by Crippen LogP contribution is -2.50. The Morgan fingerprint density at radius 2 is 1.81 bits per heavy atom. The summed E-state index contributed by atoms with van der Waals surface area (Å²) in [5, 5.41) is 0. The zero-order valence-electron chi connectivity index (χ0n) is 21.5. The molecule has 8 atom stereocenters. The molecule has 4 aliphatic carbocycles. The second-order valence-corrected chi connectivity index (χ2v) is 13.3. The van der Waals surface area contributed by atoms with E-state index < -0.39 is 0 Å². The van der Waals surface area contributed by atoms with Gasteiger partial charge in [0.05, 0.1) is 0 Å². The summed E-state index contributed by atoms with van der Waals surface area (Å²) in [5.74, 6) is 6.48. The van der Waals surface area contributed by atoms with Gasteiger partial charge in [0.2, 0.25) is 0 Å². The highest BCUT2D eigenvalue weighted by Crippen LogP contribution is 2.67. The van der Waals surface area contributed by atoms with Gasteiger partial charge in [0.1, 0.15) is 5.78 Å². The number of Topliss-reactive ketones (excluding diaryl/α,β-unsaturated/α-hetero) is 1. The minimum Gasteiger partial charge on any atom is -0.300 e. The van der Waals surface area contributed by atoms with E-state index in [1.54, 1.807) is 12.5 Å². The highest BCUT2D eigenvalue weighted by molar-refractivity contribution is 5.75. The Balaban J connectivity index is 1.47. The number of carbonyl (C=O) groups excluding carboxylic acids is 1. The summed E-state index contributed by atoms with van der Waals surface area (Å²) in [6, 6.07) is 0. The molecule has 176 valence electrons. The van der Waals surface area contributed by atoms with Gasteiger partial charge in [-0.3, -0.25) is 0 Å². The Morgan fingerprint density at radius 1 is 1.03 bits per heavy atom. The van der Waals surface area contributed by atoms with Crippen molar-refractivity contribution < 1.29 is 4.79 Å². The molecule has 4 aliphatic rings. The lowest BCUT2D eigenvalue weighted by Gasteiger charge is -2.58. The predicted molar refractivity (Wildman–Crippen MR) is 132 cm³/mol. The minimum absolute atomic E-state index is 0.385. The number of allylic oxidation sites excluding steroid dienone is 2. The summed E-state index contributed by atoms with van der Waals surface area (Å²) in [4.78, 5) is 11.7. The molecule has 0 amide bonds. The number of carbonyl (C=O) groups is 1. The van der Waals surface area contributed by atoms with Crippen molar-refractivity contribution in [3.05, 3.63) is 11.6 Å². The van der Waals surface area contributed by atoms with E-state index in [0.29, 0.717) is 22.5 Å². The van der Waals surface area contributed by atoms with E-state index in [1.807, 2.05) is 0 Å². The van der Waals surface area contributed by atoms with Gasteiger partial charge >= 0.3 is 0 Å². The van der Waals surface area contributed by atoms with Crippen molar-refractivity contribution in [2.75, 3.05) is 0 Å². The third-order valence-electron chi connectivity index (χ3n) is 11.0. The van der Waals surface area contributed by atoms with Gasteiger partial charge in [-0.15, -0.1) is 0 Å². The molecule has 0 radical (unpaired) electrons.